The first-order valence-electron chi connectivity index (χ1n) is 11.3. The largest absolute Gasteiger partial charge is 0.454 e. The first kappa shape index (κ1) is 32.1. The van der Waals surface area contributed by atoms with Crippen LogP contribution in [0.2, 0.25) is 20.1 Å². The second-order valence-electron chi connectivity index (χ2n) is 8.56. The second-order valence-corrected chi connectivity index (χ2v) is 10.1. The molecule has 0 aliphatic rings. The summed E-state index contributed by atoms with van der Waals surface area (Å²) in [6.45, 7) is 0. The molecule has 0 bridgehead atoms. The predicted molar refractivity (Wildman–Crippen MR) is 147 cm³/mol. The van der Waals surface area contributed by atoms with Crippen molar-refractivity contribution in [1.29, 1.82) is 0 Å². The van der Waals surface area contributed by atoms with Crippen LogP contribution >= 0.6 is 46.4 Å². The summed E-state index contributed by atoms with van der Waals surface area (Å²) in [7, 11) is 0. The highest BCUT2D eigenvalue weighted by atomic mass is 35.5. The summed E-state index contributed by atoms with van der Waals surface area (Å²) in [6.07, 6.45) is -9.37. The maximum absolute atomic E-state index is 13.0. The van der Waals surface area contributed by atoms with Gasteiger partial charge >= 0.3 is 12.4 Å². The quantitative estimate of drug-likeness (QED) is 0.114. The van der Waals surface area contributed by atoms with Crippen molar-refractivity contribution in [2.45, 2.75) is 12.4 Å². The Labute approximate surface area is 256 Å². The zero-order valence-corrected chi connectivity index (χ0v) is 23.5. The Hall–Kier alpha value is -3.78. The molecule has 0 fully saturated rings. The summed E-state index contributed by atoms with van der Waals surface area (Å²) in [5, 5.41) is 21.2. The van der Waals surface area contributed by atoms with Gasteiger partial charge in [-0.05, 0) is 47.5 Å². The average molecular weight is 686 g/mol. The summed E-state index contributed by atoms with van der Waals surface area (Å²) >= 11 is 24.8. The van der Waals surface area contributed by atoms with E-state index in [1.807, 2.05) is 0 Å². The van der Waals surface area contributed by atoms with E-state index in [-0.39, 0.29) is 22.3 Å². The molecule has 17 heteroatoms. The monoisotopic (exact) mass is 684 g/mol. The lowest BCUT2D eigenvalue weighted by Crippen LogP contribution is -2.04. The third-order valence-corrected chi connectivity index (χ3v) is 7.61. The number of ether oxygens (including phenoxy) is 1. The highest BCUT2D eigenvalue weighted by molar-refractivity contribution is 6.45. The number of hydrogen-bond donors (Lipinski definition) is 0. The van der Waals surface area contributed by atoms with E-state index < -0.39 is 76.3 Å². The van der Waals surface area contributed by atoms with Gasteiger partial charge in [0.15, 0.2) is 0 Å². The summed E-state index contributed by atoms with van der Waals surface area (Å²) in [5.41, 5.74) is -4.38. The van der Waals surface area contributed by atoms with E-state index in [0.29, 0.717) is 24.3 Å². The topological polar surface area (TPSA) is 95.5 Å². The van der Waals surface area contributed by atoms with Crippen molar-refractivity contribution < 1.29 is 40.9 Å². The van der Waals surface area contributed by atoms with E-state index >= 15 is 0 Å². The van der Waals surface area contributed by atoms with E-state index in [4.69, 9.17) is 51.1 Å². The zero-order valence-electron chi connectivity index (χ0n) is 20.5. The molecule has 4 rings (SSSR count). The van der Waals surface area contributed by atoms with Gasteiger partial charge in [0.2, 0.25) is 0 Å². The van der Waals surface area contributed by atoms with E-state index in [1.54, 1.807) is 0 Å². The number of nitrogens with zero attached hydrogens (tertiary/aromatic N) is 2. The van der Waals surface area contributed by atoms with Crippen LogP contribution in [0.3, 0.4) is 0 Å². The van der Waals surface area contributed by atoms with E-state index in [9.17, 15) is 46.6 Å². The Morgan fingerprint density at radius 3 is 1.12 bits per heavy atom. The third kappa shape index (κ3) is 6.44. The molecule has 0 atom stereocenters. The minimum atomic E-state index is -4.69. The van der Waals surface area contributed by atoms with Crippen molar-refractivity contribution in [3.63, 3.8) is 0 Å². The molecule has 0 saturated carbocycles. The number of rotatable bonds is 6. The first-order valence-corrected chi connectivity index (χ1v) is 12.8. The molecule has 0 radical (unpaired) electrons. The van der Waals surface area contributed by atoms with Crippen LogP contribution in [0.15, 0.2) is 60.7 Å². The van der Waals surface area contributed by atoms with Crippen molar-refractivity contribution in [2.24, 2.45) is 0 Å². The van der Waals surface area contributed by atoms with Crippen LogP contribution in [0.5, 0.6) is 11.5 Å². The predicted octanol–water partition coefficient (Wildman–Crippen LogP) is 11.3. The number of nitro groups is 2. The van der Waals surface area contributed by atoms with Gasteiger partial charge in [-0.15, -0.1) is 0 Å². The standard InChI is InChI=1S/C26H10Cl4F6N2O5/c27-19-17(9-15(23(21(19)29)37(39)40)11-1-5-13(6-2-11)25(31,32)33)43-18-10-16(24(38(41)42)22(30)20(18)28)12-3-7-14(8-4-12)26(34,35)36/h1-10H. The molecule has 0 aromatic heterocycles. The fourth-order valence-corrected chi connectivity index (χ4v) is 4.82. The van der Waals surface area contributed by atoms with Crippen LogP contribution < -0.4 is 4.74 Å². The van der Waals surface area contributed by atoms with E-state index in [1.165, 1.54) is 0 Å². The molecule has 0 spiro atoms. The van der Waals surface area contributed by atoms with E-state index in [0.717, 1.165) is 36.4 Å². The zero-order chi connectivity index (χ0) is 32.0. The van der Waals surface area contributed by atoms with Crippen molar-refractivity contribution >= 4 is 57.8 Å². The molecule has 224 valence electrons. The maximum atomic E-state index is 13.0. The summed E-state index contributed by atoms with van der Waals surface area (Å²) < 4.78 is 84.0. The lowest BCUT2D eigenvalue weighted by molar-refractivity contribution is -0.384. The second kappa shape index (κ2) is 11.7. The molecule has 7 nitrogen and oxygen atoms in total. The molecule has 4 aromatic carbocycles. The molecular weight excluding hydrogens is 676 g/mol. The Balaban J connectivity index is 1.89. The van der Waals surface area contributed by atoms with Gasteiger partial charge in [-0.1, -0.05) is 70.7 Å². The van der Waals surface area contributed by atoms with Crippen molar-refractivity contribution in [3.8, 4) is 33.8 Å². The minimum Gasteiger partial charge on any atom is -0.454 e. The fourth-order valence-electron chi connectivity index (χ4n) is 3.93. The number of hydrogen-bond acceptors (Lipinski definition) is 5. The Bertz CT molecular complexity index is 1630. The highest BCUT2D eigenvalue weighted by Gasteiger charge is 2.33. The third-order valence-electron chi connectivity index (χ3n) is 5.93. The Kier molecular flexibility index (Phi) is 8.76. The Morgan fingerprint density at radius 2 is 0.860 bits per heavy atom. The lowest BCUT2D eigenvalue weighted by atomic mass is 10.0. The van der Waals surface area contributed by atoms with E-state index in [2.05, 4.69) is 0 Å². The van der Waals surface area contributed by atoms with Crippen LogP contribution in [0.25, 0.3) is 22.3 Å². The summed E-state index contributed by atoms with van der Waals surface area (Å²) in [6, 6.07) is 8.54. The van der Waals surface area contributed by atoms with Gasteiger partial charge in [-0.2, -0.15) is 26.3 Å². The lowest BCUT2D eigenvalue weighted by Gasteiger charge is -2.16. The summed E-state index contributed by atoms with van der Waals surface area (Å²) in [5.74, 6) is -0.838. The molecule has 0 heterocycles. The van der Waals surface area contributed by atoms with Gasteiger partial charge in [0.05, 0.1) is 32.1 Å². The highest BCUT2D eigenvalue weighted by Crippen LogP contribution is 2.51. The number of benzene rings is 4. The molecule has 0 unspecified atom stereocenters. The molecule has 0 aliphatic heterocycles. The molecule has 43 heavy (non-hydrogen) atoms. The molecule has 0 amide bonds. The van der Waals surface area contributed by atoms with Crippen molar-refractivity contribution in [2.75, 3.05) is 0 Å². The molecule has 0 aliphatic carbocycles. The minimum absolute atomic E-state index is 0.0820. The van der Waals surface area contributed by atoms with Gasteiger partial charge in [0.25, 0.3) is 11.4 Å². The van der Waals surface area contributed by atoms with Crippen molar-refractivity contribution in [1.82, 2.24) is 0 Å². The van der Waals surface area contributed by atoms with Crippen LogP contribution in [0.1, 0.15) is 11.1 Å². The fraction of sp³-hybridized carbons (Fsp3) is 0.0769. The molecule has 0 N–H and O–H groups in total. The van der Waals surface area contributed by atoms with Gasteiger partial charge in [-0.3, -0.25) is 20.2 Å². The number of halogens is 10. The van der Waals surface area contributed by atoms with Crippen molar-refractivity contribution in [3.05, 3.63) is 112 Å². The SMILES string of the molecule is O=[N+]([O-])c1c(-c2ccc(C(F)(F)F)cc2)cc(Oc2cc(-c3ccc(C(F)(F)F)cc3)c([N+](=O)[O-])c(Cl)c2Cl)c(Cl)c1Cl. The number of nitro benzene ring substituents is 2. The van der Waals surface area contributed by atoms with Crippen LogP contribution in [-0.2, 0) is 12.4 Å². The van der Waals surface area contributed by atoms with Gasteiger partial charge in [0.1, 0.15) is 31.6 Å². The molecule has 0 saturated heterocycles. The smallest absolute Gasteiger partial charge is 0.416 e. The van der Waals surface area contributed by atoms with Gasteiger partial charge in [0, 0.05) is 0 Å². The van der Waals surface area contributed by atoms with Gasteiger partial charge in [-0.25, -0.2) is 0 Å². The average Bonchev–Trinajstić information content (AvgIpc) is 2.92. The maximum Gasteiger partial charge on any atom is 0.416 e. The van der Waals surface area contributed by atoms with Crippen LogP contribution in [0, 0.1) is 20.2 Å². The number of alkyl halides is 6. The summed E-state index contributed by atoms with van der Waals surface area (Å²) in [4.78, 5) is 21.8. The normalized spacial score (nSPS) is 11.9. The Morgan fingerprint density at radius 1 is 0.558 bits per heavy atom. The van der Waals surface area contributed by atoms with Gasteiger partial charge < -0.3 is 4.74 Å². The van der Waals surface area contributed by atoms with Crippen LogP contribution in [0.4, 0.5) is 37.7 Å². The first-order chi connectivity index (χ1) is 19.9. The molecule has 4 aromatic rings. The molecular formula is C26H10Cl4F6N2O5. The van der Waals surface area contributed by atoms with Crippen LogP contribution in [-0.4, -0.2) is 9.85 Å².